The number of thiazole rings is 1. The molecule has 236 valence electrons. The van der Waals surface area contributed by atoms with Gasteiger partial charge < -0.3 is 14.8 Å². The monoisotopic (exact) mass is 674 g/mol. The van der Waals surface area contributed by atoms with Gasteiger partial charge in [-0.15, -0.1) is 11.3 Å². The fourth-order valence-electron chi connectivity index (χ4n) is 4.59. The van der Waals surface area contributed by atoms with E-state index in [0.717, 1.165) is 26.4 Å². The third-order valence-electron chi connectivity index (χ3n) is 6.90. The summed E-state index contributed by atoms with van der Waals surface area (Å²) in [5, 5.41) is 4.23. The Kier molecular flexibility index (Phi) is 10.8. The van der Waals surface area contributed by atoms with E-state index >= 15 is 0 Å². The number of benzene rings is 4. The zero-order chi connectivity index (χ0) is 32.5. The predicted octanol–water partition coefficient (Wildman–Crippen LogP) is 7.72. The first-order valence-electron chi connectivity index (χ1n) is 14.5. The molecule has 0 aliphatic heterocycles. The highest BCUT2D eigenvalue weighted by atomic mass is 35.5. The molecule has 11 heteroatoms. The molecule has 0 atom stereocenters. The lowest BCUT2D eigenvalue weighted by Gasteiger charge is -2.14. The number of nitrogens with zero attached hydrogens (tertiary/aromatic N) is 1. The number of carbonyl (C=O) groups is 2. The second-order valence-electron chi connectivity index (χ2n) is 10.2. The van der Waals surface area contributed by atoms with E-state index in [2.05, 4.69) is 10.3 Å². The average molecular weight is 675 g/mol. The lowest BCUT2D eigenvalue weighted by atomic mass is 10.1. The van der Waals surface area contributed by atoms with Crippen LogP contribution in [0.1, 0.15) is 39.8 Å². The van der Waals surface area contributed by atoms with Crippen LogP contribution in [0.2, 0.25) is 5.02 Å². The van der Waals surface area contributed by atoms with Crippen LogP contribution in [0.5, 0.6) is 5.75 Å². The summed E-state index contributed by atoms with van der Waals surface area (Å²) in [5.41, 5.74) is 3.43. The van der Waals surface area contributed by atoms with Crippen LogP contribution in [0.15, 0.2) is 95.9 Å². The van der Waals surface area contributed by atoms with E-state index in [1.807, 2.05) is 48.6 Å². The average Bonchev–Trinajstić information content (AvgIpc) is 3.47. The van der Waals surface area contributed by atoms with Crippen molar-refractivity contribution in [2.45, 2.75) is 24.7 Å². The highest BCUT2D eigenvalue weighted by molar-refractivity contribution is 7.91. The molecule has 0 unspecified atom stereocenters. The molecule has 5 aromatic rings. The number of amides is 1. The molecule has 0 radical (unpaired) electrons. The lowest BCUT2D eigenvalue weighted by Crippen LogP contribution is -2.17. The predicted molar refractivity (Wildman–Crippen MR) is 183 cm³/mol. The number of sulfone groups is 1. The van der Waals surface area contributed by atoms with Gasteiger partial charge in [-0.3, -0.25) is 4.79 Å². The number of esters is 1. The first-order valence-corrected chi connectivity index (χ1v) is 17.4. The van der Waals surface area contributed by atoms with Gasteiger partial charge in [-0.1, -0.05) is 48.0 Å². The summed E-state index contributed by atoms with van der Waals surface area (Å²) in [6.45, 7) is 1.59. The van der Waals surface area contributed by atoms with Crippen LogP contribution < -0.4 is 10.1 Å². The van der Waals surface area contributed by atoms with Crippen molar-refractivity contribution in [1.29, 1.82) is 0 Å². The first-order chi connectivity index (χ1) is 22.2. The summed E-state index contributed by atoms with van der Waals surface area (Å²) in [4.78, 5) is 30.0. The van der Waals surface area contributed by atoms with Gasteiger partial charge in [0.2, 0.25) is 0 Å². The molecule has 46 heavy (non-hydrogen) atoms. The molecule has 0 aliphatic carbocycles. The summed E-state index contributed by atoms with van der Waals surface area (Å²) in [6, 6.07) is 26.3. The maximum Gasteiger partial charge on any atom is 0.344 e. The highest BCUT2D eigenvalue weighted by Crippen LogP contribution is 2.28. The number of nitrogens with one attached hydrogen (secondary N) is 1. The van der Waals surface area contributed by atoms with Crippen LogP contribution in [-0.4, -0.2) is 44.2 Å². The van der Waals surface area contributed by atoms with Gasteiger partial charge in [-0.2, -0.15) is 0 Å². The van der Waals surface area contributed by atoms with Crippen molar-refractivity contribution in [3.05, 3.63) is 118 Å². The van der Waals surface area contributed by atoms with Crippen molar-refractivity contribution in [3.63, 3.8) is 0 Å². The summed E-state index contributed by atoms with van der Waals surface area (Å²) in [7, 11) is -3.49. The molecule has 0 aliphatic rings. The number of para-hydroxylation sites is 1. The van der Waals surface area contributed by atoms with Crippen LogP contribution in [0, 0.1) is 0 Å². The molecule has 4 aromatic carbocycles. The van der Waals surface area contributed by atoms with Crippen molar-refractivity contribution in [3.8, 4) is 5.75 Å². The Bertz CT molecular complexity index is 1940. The first kappa shape index (κ1) is 32.9. The Morgan fingerprint density at radius 2 is 1.72 bits per heavy atom. The van der Waals surface area contributed by atoms with Crippen molar-refractivity contribution >= 4 is 72.7 Å². The van der Waals surface area contributed by atoms with Gasteiger partial charge in [-0.25, -0.2) is 18.2 Å². The van der Waals surface area contributed by atoms with Crippen LogP contribution in [0.25, 0.3) is 22.4 Å². The van der Waals surface area contributed by atoms with Gasteiger partial charge in [0, 0.05) is 10.6 Å². The minimum Gasteiger partial charge on any atom is -0.480 e. The van der Waals surface area contributed by atoms with Crippen LogP contribution in [0.3, 0.4) is 0 Å². The third kappa shape index (κ3) is 8.81. The Labute approximate surface area is 276 Å². The van der Waals surface area contributed by atoms with Gasteiger partial charge >= 0.3 is 5.97 Å². The molecule has 0 saturated heterocycles. The van der Waals surface area contributed by atoms with E-state index in [9.17, 15) is 18.0 Å². The number of carbonyl (C=O) groups excluding carboxylic acids is 2. The van der Waals surface area contributed by atoms with E-state index in [-0.39, 0.29) is 35.5 Å². The molecule has 1 amide bonds. The van der Waals surface area contributed by atoms with E-state index < -0.39 is 15.8 Å². The van der Waals surface area contributed by atoms with Crippen molar-refractivity contribution in [1.82, 2.24) is 4.98 Å². The number of hydrogen-bond acceptors (Lipinski definition) is 8. The Morgan fingerprint density at radius 3 is 2.46 bits per heavy atom. The van der Waals surface area contributed by atoms with Crippen molar-refractivity contribution in [2.24, 2.45) is 0 Å². The summed E-state index contributed by atoms with van der Waals surface area (Å²) >= 11 is 7.50. The van der Waals surface area contributed by atoms with Gasteiger partial charge in [0.25, 0.3) is 5.91 Å². The van der Waals surface area contributed by atoms with Gasteiger partial charge in [-0.05, 0) is 97.6 Å². The zero-order valence-electron chi connectivity index (χ0n) is 24.9. The topological polar surface area (TPSA) is 112 Å². The molecule has 1 heterocycles. The summed E-state index contributed by atoms with van der Waals surface area (Å²) in [6.07, 6.45) is 4.67. The number of halogens is 1. The number of ether oxygens (including phenoxy) is 2. The molecule has 1 N–H and O–H groups in total. The maximum atomic E-state index is 13.3. The number of anilines is 1. The lowest BCUT2D eigenvalue weighted by molar-refractivity contribution is -0.145. The molecule has 8 nitrogen and oxygen atoms in total. The zero-order valence-corrected chi connectivity index (χ0v) is 27.3. The molecule has 0 spiro atoms. The largest absolute Gasteiger partial charge is 0.480 e. The number of hydrogen-bond donors (Lipinski definition) is 1. The Balaban J connectivity index is 1.26. The molecular weight excluding hydrogens is 644 g/mol. The normalized spacial score (nSPS) is 11.5. The molecule has 1 aromatic heterocycles. The summed E-state index contributed by atoms with van der Waals surface area (Å²) < 4.78 is 37.3. The molecule has 0 bridgehead atoms. The Hall–Kier alpha value is -4.51. The van der Waals surface area contributed by atoms with E-state index in [1.165, 1.54) is 12.1 Å². The minimum atomic E-state index is -3.49. The second-order valence-corrected chi connectivity index (χ2v) is 13.8. The quantitative estimate of drug-likeness (QED) is 0.127. The molecule has 0 fully saturated rings. The summed E-state index contributed by atoms with van der Waals surface area (Å²) in [5.74, 6) is -0.678. The second kappa shape index (κ2) is 15.2. The number of rotatable bonds is 13. The minimum absolute atomic E-state index is 0.0583. The van der Waals surface area contributed by atoms with Gasteiger partial charge in [0.15, 0.2) is 16.4 Å². The molecule has 0 saturated carbocycles. The highest BCUT2D eigenvalue weighted by Gasteiger charge is 2.16. The third-order valence-corrected chi connectivity index (χ3v) is 9.97. The van der Waals surface area contributed by atoms with Crippen LogP contribution in [-0.2, 0) is 25.8 Å². The number of aryl methyl sites for hydroxylation is 1. The fraction of sp³-hybridized carbons (Fsp3) is 0.171. The molecular formula is C35H31ClN2O6S2. The van der Waals surface area contributed by atoms with Gasteiger partial charge in [0.05, 0.1) is 33.2 Å². The SMILES string of the molecule is CCOC(=O)COc1ccc(CCCS(=O)(=O)c2ccc(Cl)cc2)cc1NC(=O)c1ccc(C=Cc2nc3ccccc3s2)cc1. The fourth-order valence-corrected chi connectivity index (χ4v) is 6.90. The number of fused-ring (bicyclic) bond motifs is 1. The maximum absolute atomic E-state index is 13.3. The van der Waals surface area contributed by atoms with Gasteiger partial charge in [0.1, 0.15) is 10.8 Å². The van der Waals surface area contributed by atoms with Crippen molar-refractivity contribution < 1.29 is 27.5 Å². The standard InChI is InChI=1S/C35H31ClN2O6S2/c1-2-43-34(39)23-44-31-19-11-25(6-5-21-46(41,42)28-17-15-27(36)16-18-28)22-30(31)38-35(40)26-13-9-24(10-14-26)12-20-33-37-29-7-3-4-8-32(29)45-33/h3-4,7-20,22H,2,5-6,21,23H2,1H3,(H,38,40). The van der Waals surface area contributed by atoms with E-state index in [4.69, 9.17) is 21.1 Å². The van der Waals surface area contributed by atoms with Crippen LogP contribution in [0.4, 0.5) is 5.69 Å². The number of aromatic nitrogens is 1. The Morgan fingerprint density at radius 1 is 0.957 bits per heavy atom. The smallest absolute Gasteiger partial charge is 0.344 e. The van der Waals surface area contributed by atoms with Crippen molar-refractivity contribution in [2.75, 3.05) is 24.3 Å². The molecule has 5 rings (SSSR count). The van der Waals surface area contributed by atoms with E-state index in [1.54, 1.807) is 60.7 Å². The van der Waals surface area contributed by atoms with E-state index in [0.29, 0.717) is 29.1 Å². The van der Waals surface area contributed by atoms with Crippen LogP contribution >= 0.6 is 22.9 Å².